The van der Waals surface area contributed by atoms with Crippen LogP contribution in [0.5, 0.6) is 0 Å². The van der Waals surface area contributed by atoms with E-state index in [-0.39, 0.29) is 15.5 Å². The Bertz CT molecular complexity index is 1230. The number of carbonyl (C=O) groups excluding carboxylic acids is 2. The van der Waals surface area contributed by atoms with Crippen molar-refractivity contribution in [1.82, 2.24) is 0 Å². The standard InChI is InChI=1S/C24H23ClN2O5S/c1-3-27(19-12-8-5-9-13-19)23(28)17-32-24(29)21-16-20(14-15-22(21)25)33(30,31)26(2)18-10-6-4-7-11-18/h4-16H,3,17H2,1-2H3. The van der Waals surface area contributed by atoms with Gasteiger partial charge in [-0.05, 0) is 49.4 Å². The van der Waals surface area contributed by atoms with Crippen LogP contribution in [0.2, 0.25) is 5.02 Å². The van der Waals surface area contributed by atoms with E-state index in [0.717, 1.165) is 10.4 Å². The van der Waals surface area contributed by atoms with Crippen molar-refractivity contribution in [2.24, 2.45) is 0 Å². The third-order valence-electron chi connectivity index (χ3n) is 4.95. The van der Waals surface area contributed by atoms with Gasteiger partial charge in [-0.2, -0.15) is 0 Å². The Balaban J connectivity index is 1.77. The molecule has 0 saturated carbocycles. The van der Waals surface area contributed by atoms with E-state index in [0.29, 0.717) is 17.9 Å². The van der Waals surface area contributed by atoms with E-state index in [2.05, 4.69) is 0 Å². The summed E-state index contributed by atoms with van der Waals surface area (Å²) in [6, 6.07) is 21.3. The van der Waals surface area contributed by atoms with Crippen LogP contribution in [0.25, 0.3) is 0 Å². The molecule has 0 radical (unpaired) electrons. The molecule has 0 unspecified atom stereocenters. The number of hydrogen-bond donors (Lipinski definition) is 0. The van der Waals surface area contributed by atoms with Gasteiger partial charge in [0.25, 0.3) is 15.9 Å². The Morgan fingerprint density at radius 3 is 2.06 bits per heavy atom. The summed E-state index contributed by atoms with van der Waals surface area (Å²) >= 11 is 6.13. The van der Waals surface area contributed by atoms with Crippen LogP contribution in [-0.2, 0) is 19.6 Å². The molecule has 0 aliphatic carbocycles. The fraction of sp³-hybridized carbons (Fsp3) is 0.167. The van der Waals surface area contributed by atoms with Gasteiger partial charge in [0, 0.05) is 19.3 Å². The number of likely N-dealkylation sites (N-methyl/N-ethyl adjacent to an activating group) is 1. The molecular formula is C24H23ClN2O5S. The minimum absolute atomic E-state index is 0.0178. The molecule has 0 heterocycles. The molecule has 3 aromatic rings. The van der Waals surface area contributed by atoms with Crippen molar-refractivity contribution in [2.75, 3.05) is 29.4 Å². The summed E-state index contributed by atoms with van der Waals surface area (Å²) in [5.74, 6) is -1.31. The summed E-state index contributed by atoms with van der Waals surface area (Å²) < 4.78 is 32.3. The number of anilines is 2. The lowest BCUT2D eigenvalue weighted by atomic mass is 10.2. The highest BCUT2D eigenvalue weighted by atomic mass is 35.5. The number of halogens is 1. The molecule has 0 aliphatic rings. The van der Waals surface area contributed by atoms with Crippen molar-refractivity contribution in [1.29, 1.82) is 0 Å². The first-order chi connectivity index (χ1) is 15.8. The molecule has 0 saturated heterocycles. The van der Waals surface area contributed by atoms with Crippen LogP contribution >= 0.6 is 11.6 Å². The van der Waals surface area contributed by atoms with Gasteiger partial charge in [0.15, 0.2) is 6.61 Å². The first-order valence-corrected chi connectivity index (χ1v) is 11.9. The average Bonchev–Trinajstić information content (AvgIpc) is 2.84. The summed E-state index contributed by atoms with van der Waals surface area (Å²) in [4.78, 5) is 26.6. The first kappa shape index (κ1) is 24.3. The monoisotopic (exact) mass is 486 g/mol. The van der Waals surface area contributed by atoms with Crippen molar-refractivity contribution < 1.29 is 22.7 Å². The minimum Gasteiger partial charge on any atom is -0.452 e. The van der Waals surface area contributed by atoms with Crippen molar-refractivity contribution in [3.05, 3.63) is 89.4 Å². The highest BCUT2D eigenvalue weighted by Gasteiger charge is 2.25. The number of carbonyl (C=O) groups is 2. The fourth-order valence-corrected chi connectivity index (χ4v) is 4.57. The zero-order valence-electron chi connectivity index (χ0n) is 18.1. The Morgan fingerprint density at radius 1 is 0.909 bits per heavy atom. The summed E-state index contributed by atoms with van der Waals surface area (Å²) in [7, 11) is -2.54. The van der Waals surface area contributed by atoms with E-state index in [1.807, 2.05) is 6.07 Å². The van der Waals surface area contributed by atoms with E-state index < -0.39 is 28.5 Å². The quantitative estimate of drug-likeness (QED) is 0.441. The number of rotatable bonds is 8. The number of amides is 1. The van der Waals surface area contributed by atoms with E-state index in [1.54, 1.807) is 61.5 Å². The van der Waals surface area contributed by atoms with Gasteiger partial charge in [0.1, 0.15) is 0 Å². The number of sulfonamides is 1. The molecule has 0 aliphatic heterocycles. The molecule has 0 aromatic heterocycles. The molecule has 33 heavy (non-hydrogen) atoms. The lowest BCUT2D eigenvalue weighted by molar-refractivity contribution is -0.121. The van der Waals surface area contributed by atoms with Crippen LogP contribution in [0.3, 0.4) is 0 Å². The molecule has 3 rings (SSSR count). The van der Waals surface area contributed by atoms with Crippen LogP contribution in [0, 0.1) is 0 Å². The Labute approximate surface area is 198 Å². The van der Waals surface area contributed by atoms with Gasteiger partial charge in [0.2, 0.25) is 0 Å². The Morgan fingerprint density at radius 2 is 1.48 bits per heavy atom. The normalized spacial score (nSPS) is 11.0. The molecular weight excluding hydrogens is 464 g/mol. The zero-order valence-corrected chi connectivity index (χ0v) is 19.7. The van der Waals surface area contributed by atoms with Gasteiger partial charge in [0.05, 0.1) is 21.2 Å². The van der Waals surface area contributed by atoms with Crippen molar-refractivity contribution >= 4 is 44.9 Å². The van der Waals surface area contributed by atoms with E-state index in [4.69, 9.17) is 16.3 Å². The maximum Gasteiger partial charge on any atom is 0.340 e. The largest absolute Gasteiger partial charge is 0.452 e. The Kier molecular flexibility index (Phi) is 7.73. The number of nitrogens with zero attached hydrogens (tertiary/aromatic N) is 2. The molecule has 0 N–H and O–H groups in total. The second-order valence-electron chi connectivity index (χ2n) is 7.00. The highest BCUT2D eigenvalue weighted by Crippen LogP contribution is 2.26. The second-order valence-corrected chi connectivity index (χ2v) is 9.38. The summed E-state index contributed by atoms with van der Waals surface area (Å²) in [5.41, 5.74) is 0.994. The van der Waals surface area contributed by atoms with Crippen LogP contribution in [0.1, 0.15) is 17.3 Å². The molecule has 0 bridgehead atoms. The molecule has 0 fully saturated rings. The van der Waals surface area contributed by atoms with Gasteiger partial charge < -0.3 is 9.64 Å². The first-order valence-electron chi connectivity index (χ1n) is 10.1. The SMILES string of the molecule is CCN(C(=O)COC(=O)c1cc(S(=O)(=O)N(C)c2ccccc2)ccc1Cl)c1ccccc1. The van der Waals surface area contributed by atoms with Crippen LogP contribution in [0.4, 0.5) is 11.4 Å². The van der Waals surface area contributed by atoms with Gasteiger partial charge in [-0.15, -0.1) is 0 Å². The lowest BCUT2D eigenvalue weighted by Gasteiger charge is -2.21. The highest BCUT2D eigenvalue weighted by molar-refractivity contribution is 7.92. The van der Waals surface area contributed by atoms with Gasteiger partial charge in [-0.25, -0.2) is 13.2 Å². The third kappa shape index (κ3) is 5.53. The zero-order chi connectivity index (χ0) is 24.0. The average molecular weight is 487 g/mol. The minimum atomic E-state index is -3.96. The predicted molar refractivity (Wildman–Crippen MR) is 128 cm³/mol. The molecule has 3 aromatic carbocycles. The van der Waals surface area contributed by atoms with Gasteiger partial charge in [-0.3, -0.25) is 9.10 Å². The fourth-order valence-electron chi connectivity index (χ4n) is 3.15. The molecule has 9 heteroatoms. The number of benzene rings is 3. The Hall–Kier alpha value is -3.36. The molecule has 0 atom stereocenters. The van der Waals surface area contributed by atoms with Crippen molar-refractivity contribution in [2.45, 2.75) is 11.8 Å². The summed E-state index contributed by atoms with van der Waals surface area (Å²) in [6.07, 6.45) is 0. The van der Waals surface area contributed by atoms with Crippen molar-refractivity contribution in [3.8, 4) is 0 Å². The van der Waals surface area contributed by atoms with Crippen LogP contribution in [0.15, 0.2) is 83.8 Å². The van der Waals surface area contributed by atoms with E-state index in [1.165, 1.54) is 24.1 Å². The number of ether oxygens (including phenoxy) is 1. The topological polar surface area (TPSA) is 84.0 Å². The maximum atomic E-state index is 13.0. The summed E-state index contributed by atoms with van der Waals surface area (Å²) in [5, 5.41) is 0.0178. The molecule has 7 nitrogen and oxygen atoms in total. The number of esters is 1. The summed E-state index contributed by atoms with van der Waals surface area (Å²) in [6.45, 7) is 1.68. The molecule has 0 spiro atoms. The predicted octanol–water partition coefficient (Wildman–Crippen LogP) is 4.38. The van der Waals surface area contributed by atoms with Crippen molar-refractivity contribution in [3.63, 3.8) is 0 Å². The van der Waals surface area contributed by atoms with Gasteiger partial charge >= 0.3 is 5.97 Å². The van der Waals surface area contributed by atoms with Crippen LogP contribution < -0.4 is 9.21 Å². The lowest BCUT2D eigenvalue weighted by Crippen LogP contribution is -2.34. The smallest absolute Gasteiger partial charge is 0.340 e. The molecule has 1 amide bonds. The van der Waals surface area contributed by atoms with Gasteiger partial charge in [-0.1, -0.05) is 48.0 Å². The molecule has 172 valence electrons. The number of hydrogen-bond acceptors (Lipinski definition) is 5. The van der Waals surface area contributed by atoms with Crippen LogP contribution in [-0.4, -0.2) is 40.5 Å². The third-order valence-corrected chi connectivity index (χ3v) is 7.06. The van der Waals surface area contributed by atoms with E-state index >= 15 is 0 Å². The second kappa shape index (κ2) is 10.5. The maximum absolute atomic E-state index is 13.0. The van der Waals surface area contributed by atoms with E-state index in [9.17, 15) is 18.0 Å². The number of para-hydroxylation sites is 2.